The molecule has 1 fully saturated rings. The van der Waals surface area contributed by atoms with Gasteiger partial charge < -0.3 is 10.1 Å². The number of hydrogen-bond acceptors (Lipinski definition) is 6. The molecule has 7 nitrogen and oxygen atoms in total. The summed E-state index contributed by atoms with van der Waals surface area (Å²) in [7, 11) is 0. The zero-order chi connectivity index (χ0) is 22.7. The van der Waals surface area contributed by atoms with Gasteiger partial charge in [0.05, 0.1) is 10.3 Å². The van der Waals surface area contributed by atoms with Gasteiger partial charge in [-0.3, -0.25) is 14.2 Å². The Balaban J connectivity index is 1.43. The van der Waals surface area contributed by atoms with Gasteiger partial charge >= 0.3 is 0 Å². The number of anilines is 1. The Morgan fingerprint density at radius 3 is 2.72 bits per heavy atom. The van der Waals surface area contributed by atoms with Crippen molar-refractivity contribution in [1.29, 1.82) is 0 Å². The minimum absolute atomic E-state index is 0.0485. The lowest BCUT2D eigenvalue weighted by molar-refractivity contribution is -0.115. The number of ether oxygens (including phenoxy) is 1. The number of Topliss-reactive ketones (excluding diaryl/α,β-unsaturated/α-hetero) is 1. The summed E-state index contributed by atoms with van der Waals surface area (Å²) in [5, 5.41) is 12.3. The molecule has 1 atom stereocenters. The van der Waals surface area contributed by atoms with Crippen molar-refractivity contribution < 1.29 is 14.3 Å². The molecule has 166 valence electrons. The second-order valence-electron chi connectivity index (χ2n) is 7.61. The lowest BCUT2D eigenvalue weighted by Crippen LogP contribution is -2.23. The predicted molar refractivity (Wildman–Crippen MR) is 124 cm³/mol. The molecule has 1 aliphatic rings. The van der Waals surface area contributed by atoms with Gasteiger partial charge in [0.15, 0.2) is 16.8 Å². The van der Waals surface area contributed by atoms with Crippen LogP contribution in [-0.4, -0.2) is 31.7 Å². The average molecular weight is 471 g/mol. The smallest absolute Gasteiger partial charge is 0.237 e. The summed E-state index contributed by atoms with van der Waals surface area (Å²) in [5.74, 6) is 1.08. The van der Waals surface area contributed by atoms with Gasteiger partial charge in [-0.25, -0.2) is 0 Å². The molecule has 1 aromatic heterocycles. The Bertz CT molecular complexity index is 1150. The van der Waals surface area contributed by atoms with E-state index in [-0.39, 0.29) is 18.3 Å². The van der Waals surface area contributed by atoms with Crippen LogP contribution in [-0.2, 0) is 11.4 Å². The summed E-state index contributed by atoms with van der Waals surface area (Å²) in [5.41, 5.74) is 1.15. The monoisotopic (exact) mass is 470 g/mol. The number of amides is 1. The first-order valence-corrected chi connectivity index (χ1v) is 11.6. The molecule has 1 aliphatic carbocycles. The molecule has 1 saturated carbocycles. The van der Waals surface area contributed by atoms with Crippen LogP contribution in [0, 0.1) is 0 Å². The Kier molecular flexibility index (Phi) is 6.81. The zero-order valence-electron chi connectivity index (χ0n) is 17.7. The van der Waals surface area contributed by atoms with Gasteiger partial charge in [0.25, 0.3) is 0 Å². The average Bonchev–Trinajstić information content (AvgIpc) is 3.54. The summed E-state index contributed by atoms with van der Waals surface area (Å²) >= 11 is 7.52. The van der Waals surface area contributed by atoms with Gasteiger partial charge in [-0.2, -0.15) is 0 Å². The molecule has 2 aromatic carbocycles. The van der Waals surface area contributed by atoms with E-state index >= 15 is 0 Å². The third-order valence-electron chi connectivity index (χ3n) is 5.03. The minimum Gasteiger partial charge on any atom is -0.484 e. The lowest BCUT2D eigenvalue weighted by Gasteiger charge is -2.14. The molecule has 0 radical (unpaired) electrons. The van der Waals surface area contributed by atoms with Crippen molar-refractivity contribution in [3.63, 3.8) is 0 Å². The molecule has 4 rings (SSSR count). The Morgan fingerprint density at radius 1 is 1.22 bits per heavy atom. The van der Waals surface area contributed by atoms with E-state index < -0.39 is 5.25 Å². The Hall–Kier alpha value is -2.84. The fourth-order valence-electron chi connectivity index (χ4n) is 3.16. The van der Waals surface area contributed by atoms with Crippen LogP contribution in [0.1, 0.15) is 48.9 Å². The highest BCUT2D eigenvalue weighted by Crippen LogP contribution is 2.40. The topological polar surface area (TPSA) is 86.1 Å². The van der Waals surface area contributed by atoms with Crippen LogP contribution in [0.3, 0.4) is 0 Å². The molecule has 0 aliphatic heterocycles. The van der Waals surface area contributed by atoms with E-state index in [9.17, 15) is 9.59 Å². The number of nitrogens with one attached hydrogen (secondary N) is 1. The van der Waals surface area contributed by atoms with Crippen LogP contribution in [0.25, 0.3) is 0 Å². The zero-order valence-corrected chi connectivity index (χ0v) is 19.3. The molecule has 1 N–H and O–H groups in total. The van der Waals surface area contributed by atoms with Crippen molar-refractivity contribution in [2.45, 2.75) is 49.7 Å². The highest BCUT2D eigenvalue weighted by atomic mass is 35.5. The van der Waals surface area contributed by atoms with Crippen LogP contribution < -0.4 is 10.1 Å². The van der Waals surface area contributed by atoms with E-state index in [0.717, 1.165) is 12.8 Å². The van der Waals surface area contributed by atoms with E-state index in [1.54, 1.807) is 30.3 Å². The van der Waals surface area contributed by atoms with Crippen molar-refractivity contribution in [3.05, 3.63) is 64.9 Å². The van der Waals surface area contributed by atoms with Crippen LogP contribution in [0.15, 0.2) is 53.7 Å². The molecule has 1 amide bonds. The number of para-hydroxylation sites is 1. The van der Waals surface area contributed by atoms with Gasteiger partial charge in [-0.1, -0.05) is 47.6 Å². The van der Waals surface area contributed by atoms with Crippen molar-refractivity contribution >= 4 is 40.7 Å². The predicted octanol–water partition coefficient (Wildman–Crippen LogP) is 5.17. The van der Waals surface area contributed by atoms with Crippen molar-refractivity contribution in [1.82, 2.24) is 14.8 Å². The fourth-order valence-corrected chi connectivity index (χ4v) is 4.29. The molecule has 0 spiro atoms. The molecule has 1 heterocycles. The van der Waals surface area contributed by atoms with Crippen molar-refractivity contribution in [2.24, 2.45) is 0 Å². The maximum atomic E-state index is 12.7. The second kappa shape index (κ2) is 9.75. The van der Waals surface area contributed by atoms with Crippen LogP contribution in [0.2, 0.25) is 5.02 Å². The molecule has 32 heavy (non-hydrogen) atoms. The van der Waals surface area contributed by atoms with Crippen molar-refractivity contribution in [2.75, 3.05) is 5.32 Å². The number of carbonyl (C=O) groups excluding carboxylic acids is 2. The third kappa shape index (κ3) is 5.31. The standard InChI is InChI=1S/C23H23ClN4O3S/c1-14(29)16-6-5-7-17(12-16)25-22(30)15(2)32-23-27-26-21(28(23)18-10-11-18)13-31-20-9-4-3-8-19(20)24/h3-9,12,15,18H,10-11,13H2,1-2H3,(H,25,30)/t15-/m1/s1. The van der Waals surface area contributed by atoms with E-state index in [0.29, 0.717) is 39.0 Å². The summed E-state index contributed by atoms with van der Waals surface area (Å²) in [4.78, 5) is 24.3. The van der Waals surface area contributed by atoms with Crippen LogP contribution in [0.5, 0.6) is 5.75 Å². The van der Waals surface area contributed by atoms with E-state index in [4.69, 9.17) is 16.3 Å². The quantitative estimate of drug-likeness (QED) is 0.343. The SMILES string of the molecule is CC(=O)c1cccc(NC(=O)[C@@H](C)Sc2nnc(COc3ccccc3Cl)n2C2CC2)c1. The van der Waals surface area contributed by atoms with E-state index in [1.165, 1.54) is 18.7 Å². The summed E-state index contributed by atoms with van der Waals surface area (Å²) < 4.78 is 7.90. The molecule has 0 bridgehead atoms. The largest absolute Gasteiger partial charge is 0.484 e. The summed E-state index contributed by atoms with van der Waals surface area (Å²) in [6.45, 7) is 3.56. The number of carbonyl (C=O) groups is 2. The van der Waals surface area contributed by atoms with Crippen LogP contribution >= 0.6 is 23.4 Å². The Morgan fingerprint density at radius 2 is 2.00 bits per heavy atom. The highest BCUT2D eigenvalue weighted by molar-refractivity contribution is 8.00. The first-order valence-electron chi connectivity index (χ1n) is 10.3. The molecular formula is C23H23ClN4O3S. The third-order valence-corrected chi connectivity index (χ3v) is 6.40. The number of aromatic nitrogens is 3. The van der Waals surface area contributed by atoms with Gasteiger partial charge in [0.1, 0.15) is 12.4 Å². The molecule has 3 aromatic rings. The number of thioether (sulfide) groups is 1. The summed E-state index contributed by atoms with van der Waals surface area (Å²) in [6, 6.07) is 14.5. The van der Waals surface area contributed by atoms with Gasteiger partial charge in [-0.15, -0.1) is 10.2 Å². The summed E-state index contributed by atoms with van der Waals surface area (Å²) in [6.07, 6.45) is 2.09. The van der Waals surface area contributed by atoms with Crippen LogP contribution in [0.4, 0.5) is 5.69 Å². The van der Waals surface area contributed by atoms with E-state index in [2.05, 4.69) is 20.1 Å². The number of halogens is 1. The molecule has 0 saturated heterocycles. The second-order valence-corrected chi connectivity index (χ2v) is 9.32. The molecular weight excluding hydrogens is 448 g/mol. The maximum absolute atomic E-state index is 12.7. The number of benzene rings is 2. The highest BCUT2D eigenvalue weighted by Gasteiger charge is 2.31. The first kappa shape index (κ1) is 22.4. The van der Waals surface area contributed by atoms with E-state index in [1.807, 2.05) is 25.1 Å². The van der Waals surface area contributed by atoms with Gasteiger partial charge in [-0.05, 0) is 51.0 Å². The minimum atomic E-state index is -0.407. The first-order chi connectivity index (χ1) is 15.4. The molecule has 0 unspecified atom stereocenters. The fraction of sp³-hybridized carbons (Fsp3) is 0.304. The molecule has 9 heteroatoms. The number of rotatable bonds is 9. The lowest BCUT2D eigenvalue weighted by atomic mass is 10.1. The number of hydrogen-bond donors (Lipinski definition) is 1. The van der Waals surface area contributed by atoms with Gasteiger partial charge in [0, 0.05) is 17.3 Å². The number of ketones is 1. The van der Waals surface area contributed by atoms with Gasteiger partial charge in [0.2, 0.25) is 5.91 Å². The normalized spacial score (nSPS) is 14.1. The Labute approximate surface area is 195 Å². The number of nitrogens with zero attached hydrogens (tertiary/aromatic N) is 3. The maximum Gasteiger partial charge on any atom is 0.237 e. The van der Waals surface area contributed by atoms with Crippen molar-refractivity contribution in [3.8, 4) is 5.75 Å².